The van der Waals surface area contributed by atoms with Crippen molar-refractivity contribution in [1.29, 1.82) is 0 Å². The Hall–Kier alpha value is -2.69. The number of ketones is 1. The van der Waals surface area contributed by atoms with Crippen molar-refractivity contribution in [3.63, 3.8) is 0 Å². The number of rotatable bonds is 7. The minimum atomic E-state index is -0.419. The lowest BCUT2D eigenvalue weighted by molar-refractivity contribution is -0.140. The molecule has 0 fully saturated rings. The third-order valence-corrected chi connectivity index (χ3v) is 3.27. The van der Waals surface area contributed by atoms with E-state index in [-0.39, 0.29) is 24.3 Å². The van der Waals surface area contributed by atoms with Crippen LogP contribution in [0.5, 0.6) is 5.75 Å². The number of pyridine rings is 1. The topological polar surface area (TPSA) is 65.5 Å². The predicted molar refractivity (Wildman–Crippen MR) is 85.3 cm³/mol. The highest BCUT2D eigenvalue weighted by Gasteiger charge is 2.16. The van der Waals surface area contributed by atoms with Crippen molar-refractivity contribution in [3.8, 4) is 5.75 Å². The molecule has 0 aliphatic heterocycles. The van der Waals surface area contributed by atoms with E-state index < -0.39 is 5.97 Å². The van der Waals surface area contributed by atoms with Crippen LogP contribution in [0.25, 0.3) is 0 Å². The summed E-state index contributed by atoms with van der Waals surface area (Å²) in [6.07, 6.45) is 1.69. The molecule has 0 saturated carbocycles. The Morgan fingerprint density at radius 3 is 2.57 bits per heavy atom. The molecule has 0 unspecified atom stereocenters. The monoisotopic (exact) mass is 313 g/mol. The van der Waals surface area contributed by atoms with Crippen molar-refractivity contribution in [1.82, 2.24) is 4.98 Å². The Morgan fingerprint density at radius 2 is 1.87 bits per heavy atom. The third kappa shape index (κ3) is 4.92. The lowest BCUT2D eigenvalue weighted by atomic mass is 10.1. The third-order valence-electron chi connectivity index (χ3n) is 3.27. The number of aromatic nitrogens is 1. The number of carbonyl (C=O) groups excluding carboxylic acids is 2. The number of nitrogens with zero attached hydrogens (tertiary/aromatic N) is 1. The summed E-state index contributed by atoms with van der Waals surface area (Å²) in [5.74, 6) is -0.223. The van der Waals surface area contributed by atoms with Crippen molar-refractivity contribution < 1.29 is 19.1 Å². The van der Waals surface area contributed by atoms with E-state index in [4.69, 9.17) is 4.74 Å². The summed E-state index contributed by atoms with van der Waals surface area (Å²) in [7, 11) is 1.30. The fraction of sp³-hybridized carbons (Fsp3) is 0.278. The molecule has 0 bridgehead atoms. The number of methoxy groups -OCH3 is 1. The summed E-state index contributed by atoms with van der Waals surface area (Å²) < 4.78 is 10.3. The predicted octanol–water partition coefficient (Wildman–Crippen LogP) is 3.10. The Labute approximate surface area is 135 Å². The Kier molecular flexibility index (Phi) is 5.86. The van der Waals surface area contributed by atoms with Crippen LogP contribution in [0.4, 0.5) is 0 Å². The summed E-state index contributed by atoms with van der Waals surface area (Å²) in [4.78, 5) is 27.6. The van der Waals surface area contributed by atoms with Crippen LogP contribution in [0.3, 0.4) is 0 Å². The maximum Gasteiger partial charge on any atom is 0.305 e. The van der Waals surface area contributed by atoms with E-state index in [1.54, 1.807) is 12.3 Å². The zero-order valence-electron chi connectivity index (χ0n) is 13.2. The molecule has 5 heteroatoms. The van der Waals surface area contributed by atoms with Gasteiger partial charge in [0.1, 0.15) is 18.1 Å². The van der Waals surface area contributed by atoms with Gasteiger partial charge in [0.05, 0.1) is 13.5 Å². The summed E-state index contributed by atoms with van der Waals surface area (Å²) in [5.41, 5.74) is 2.15. The maximum atomic E-state index is 12.3. The fourth-order valence-corrected chi connectivity index (χ4v) is 2.03. The van der Waals surface area contributed by atoms with E-state index in [0.29, 0.717) is 12.4 Å². The molecule has 1 aromatic heterocycles. The van der Waals surface area contributed by atoms with Gasteiger partial charge in [-0.15, -0.1) is 0 Å². The molecule has 2 rings (SSSR count). The van der Waals surface area contributed by atoms with Gasteiger partial charge in [0.15, 0.2) is 5.78 Å². The van der Waals surface area contributed by atoms with Crippen molar-refractivity contribution in [2.75, 3.05) is 7.11 Å². The van der Waals surface area contributed by atoms with Crippen LogP contribution in [0.1, 0.15) is 34.5 Å². The van der Waals surface area contributed by atoms with Crippen molar-refractivity contribution >= 4 is 11.8 Å². The second kappa shape index (κ2) is 8.08. The highest BCUT2D eigenvalue weighted by atomic mass is 16.5. The van der Waals surface area contributed by atoms with Gasteiger partial charge in [0, 0.05) is 12.6 Å². The molecule has 5 nitrogen and oxygen atoms in total. The van der Waals surface area contributed by atoms with Crippen LogP contribution in [0.2, 0.25) is 0 Å². The molecule has 0 radical (unpaired) electrons. The molecular formula is C18H19NO4. The second-order valence-electron chi connectivity index (χ2n) is 5.13. The zero-order chi connectivity index (χ0) is 16.7. The van der Waals surface area contributed by atoms with Crippen LogP contribution in [-0.4, -0.2) is 23.8 Å². The number of hydrogen-bond acceptors (Lipinski definition) is 5. The Morgan fingerprint density at radius 1 is 1.13 bits per heavy atom. The SMILES string of the molecule is COC(=O)CCC(=O)c1ncc(C)cc1OCc1ccccc1. The lowest BCUT2D eigenvalue weighted by Gasteiger charge is -2.11. The van der Waals surface area contributed by atoms with Gasteiger partial charge in [-0.2, -0.15) is 0 Å². The molecule has 2 aromatic rings. The summed E-state index contributed by atoms with van der Waals surface area (Å²) >= 11 is 0. The molecule has 0 saturated heterocycles. The number of hydrogen-bond donors (Lipinski definition) is 0. The average molecular weight is 313 g/mol. The van der Waals surface area contributed by atoms with Crippen LogP contribution < -0.4 is 4.74 Å². The van der Waals surface area contributed by atoms with Crippen molar-refractivity contribution in [2.24, 2.45) is 0 Å². The molecule has 0 atom stereocenters. The van der Waals surface area contributed by atoms with E-state index in [1.807, 2.05) is 37.3 Å². The van der Waals surface area contributed by atoms with Crippen LogP contribution in [0, 0.1) is 6.92 Å². The molecule has 0 aliphatic carbocycles. The van der Waals surface area contributed by atoms with Crippen LogP contribution in [-0.2, 0) is 16.1 Å². The highest BCUT2D eigenvalue weighted by molar-refractivity contribution is 5.98. The van der Waals surface area contributed by atoms with Crippen molar-refractivity contribution in [2.45, 2.75) is 26.4 Å². The minimum Gasteiger partial charge on any atom is -0.486 e. The highest BCUT2D eigenvalue weighted by Crippen LogP contribution is 2.21. The molecule has 0 spiro atoms. The molecule has 1 heterocycles. The van der Waals surface area contributed by atoms with Gasteiger partial charge in [-0.1, -0.05) is 30.3 Å². The van der Waals surface area contributed by atoms with E-state index in [0.717, 1.165) is 11.1 Å². The number of carbonyl (C=O) groups is 2. The smallest absolute Gasteiger partial charge is 0.305 e. The molecule has 0 aliphatic rings. The van der Waals surface area contributed by atoms with Crippen LogP contribution >= 0.6 is 0 Å². The molecule has 0 amide bonds. The van der Waals surface area contributed by atoms with Crippen molar-refractivity contribution in [3.05, 3.63) is 59.4 Å². The summed E-state index contributed by atoms with van der Waals surface area (Å²) in [6.45, 7) is 2.23. The quantitative estimate of drug-likeness (QED) is 0.580. The first kappa shape index (κ1) is 16.7. The molecule has 23 heavy (non-hydrogen) atoms. The number of ether oxygens (including phenoxy) is 2. The first-order valence-electron chi connectivity index (χ1n) is 7.33. The summed E-state index contributed by atoms with van der Waals surface area (Å²) in [5, 5.41) is 0. The van der Waals surface area contributed by atoms with E-state index in [2.05, 4.69) is 9.72 Å². The van der Waals surface area contributed by atoms with Gasteiger partial charge >= 0.3 is 5.97 Å². The fourth-order valence-electron chi connectivity index (χ4n) is 2.03. The number of esters is 1. The largest absolute Gasteiger partial charge is 0.486 e. The summed E-state index contributed by atoms with van der Waals surface area (Å²) in [6, 6.07) is 11.5. The average Bonchev–Trinajstić information content (AvgIpc) is 2.58. The maximum absolute atomic E-state index is 12.3. The van der Waals surface area contributed by atoms with Gasteiger partial charge in [-0.3, -0.25) is 9.59 Å². The van der Waals surface area contributed by atoms with Gasteiger partial charge in [0.2, 0.25) is 0 Å². The van der Waals surface area contributed by atoms with Crippen LogP contribution in [0.15, 0.2) is 42.6 Å². The number of aryl methyl sites for hydroxylation is 1. The normalized spacial score (nSPS) is 10.2. The lowest BCUT2D eigenvalue weighted by Crippen LogP contribution is -2.10. The number of Topliss-reactive ketones (excluding diaryl/α,β-unsaturated/α-hetero) is 1. The molecular weight excluding hydrogens is 294 g/mol. The molecule has 120 valence electrons. The first-order chi connectivity index (χ1) is 11.1. The van der Waals surface area contributed by atoms with Gasteiger partial charge in [-0.05, 0) is 24.1 Å². The zero-order valence-corrected chi connectivity index (χ0v) is 13.2. The Balaban J connectivity index is 2.10. The van der Waals surface area contributed by atoms with Gasteiger partial charge in [0.25, 0.3) is 0 Å². The minimum absolute atomic E-state index is 0.0308. The molecule has 0 N–H and O–H groups in total. The second-order valence-corrected chi connectivity index (χ2v) is 5.13. The first-order valence-corrected chi connectivity index (χ1v) is 7.33. The van der Waals surface area contributed by atoms with Gasteiger partial charge in [-0.25, -0.2) is 4.98 Å². The number of benzene rings is 1. The standard InChI is InChI=1S/C18H19NO4/c1-13-10-16(23-12-14-6-4-3-5-7-14)18(19-11-13)15(20)8-9-17(21)22-2/h3-7,10-11H,8-9,12H2,1-2H3. The van der Waals surface area contributed by atoms with Gasteiger partial charge < -0.3 is 9.47 Å². The van der Waals surface area contributed by atoms with E-state index in [1.165, 1.54) is 7.11 Å². The van der Waals surface area contributed by atoms with E-state index in [9.17, 15) is 9.59 Å². The Bertz CT molecular complexity index is 683. The molecule has 1 aromatic carbocycles. The van der Waals surface area contributed by atoms with E-state index >= 15 is 0 Å².